The van der Waals surface area contributed by atoms with Gasteiger partial charge in [-0.05, 0) is 66.4 Å². The van der Waals surface area contributed by atoms with Crippen molar-refractivity contribution in [1.29, 1.82) is 0 Å². The molecule has 0 aliphatic heterocycles. The molecule has 3 rings (SSSR count). The minimum absolute atomic E-state index is 0.0771. The quantitative estimate of drug-likeness (QED) is 0.319. The first-order valence-electron chi connectivity index (χ1n) is 12.0. The second-order valence-corrected chi connectivity index (χ2v) is 8.78. The molecule has 0 bridgehead atoms. The van der Waals surface area contributed by atoms with Crippen LogP contribution in [0.2, 0.25) is 0 Å². The van der Waals surface area contributed by atoms with Gasteiger partial charge < -0.3 is 24.8 Å². The Bertz CT molecular complexity index is 1240. The largest absolute Gasteiger partial charge is 0.495 e. The number of hydrogen-bond acceptors (Lipinski definition) is 6. The summed E-state index contributed by atoms with van der Waals surface area (Å²) in [6.07, 6.45) is -0.230. The molecule has 0 spiro atoms. The van der Waals surface area contributed by atoms with Crippen molar-refractivity contribution >= 4 is 29.2 Å². The Hall–Kier alpha value is -4.33. The third kappa shape index (κ3) is 8.38. The van der Waals surface area contributed by atoms with Crippen molar-refractivity contribution in [1.82, 2.24) is 0 Å². The molecule has 194 valence electrons. The minimum atomic E-state index is -0.645. The summed E-state index contributed by atoms with van der Waals surface area (Å²) < 4.78 is 16.2. The first-order chi connectivity index (χ1) is 17.7. The molecule has 37 heavy (non-hydrogen) atoms. The maximum absolute atomic E-state index is 12.3. The van der Waals surface area contributed by atoms with Crippen LogP contribution in [-0.2, 0) is 19.1 Å². The Morgan fingerprint density at radius 2 is 1.57 bits per heavy atom. The molecule has 0 radical (unpaired) electrons. The second kappa shape index (κ2) is 13.1. The molecule has 8 nitrogen and oxygen atoms in total. The summed E-state index contributed by atoms with van der Waals surface area (Å²) in [6, 6.07) is 20.1. The average molecular weight is 505 g/mol. The lowest BCUT2D eigenvalue weighted by Gasteiger charge is -2.15. The first kappa shape index (κ1) is 27.3. The number of rotatable bonds is 11. The zero-order valence-electron chi connectivity index (χ0n) is 21.5. The zero-order valence-corrected chi connectivity index (χ0v) is 21.5. The van der Waals surface area contributed by atoms with Crippen LogP contribution in [0.25, 0.3) is 0 Å². The maximum Gasteiger partial charge on any atom is 0.306 e. The van der Waals surface area contributed by atoms with Gasteiger partial charge in [0, 0.05) is 12.1 Å². The standard InChI is InChI=1S/C29H32N2O6/c1-19(2)23-14-9-20(3)17-26(23)37-22-12-10-21(11-13-22)30-27(32)15-16-29(34)36-18-28(33)31-24-7-5-6-8-25(24)35-4/h5-14,17,19H,15-16,18H2,1-4H3,(H,30,32)(H,31,33). The third-order valence-electron chi connectivity index (χ3n) is 5.46. The van der Waals surface area contributed by atoms with Gasteiger partial charge in [-0.25, -0.2) is 0 Å². The molecule has 0 aliphatic rings. The zero-order chi connectivity index (χ0) is 26.8. The number of benzene rings is 3. The van der Waals surface area contributed by atoms with E-state index in [1.165, 1.54) is 7.11 Å². The van der Waals surface area contributed by atoms with Gasteiger partial charge >= 0.3 is 5.97 Å². The smallest absolute Gasteiger partial charge is 0.306 e. The van der Waals surface area contributed by atoms with Crippen molar-refractivity contribution in [2.45, 2.75) is 39.5 Å². The molecule has 0 saturated carbocycles. The van der Waals surface area contributed by atoms with E-state index in [0.29, 0.717) is 28.8 Å². The molecule has 0 saturated heterocycles. The molecule has 3 aromatic rings. The normalized spacial score (nSPS) is 10.5. The molecule has 0 aliphatic carbocycles. The lowest BCUT2D eigenvalue weighted by molar-refractivity contribution is -0.147. The van der Waals surface area contributed by atoms with Crippen LogP contribution in [0, 0.1) is 6.92 Å². The second-order valence-electron chi connectivity index (χ2n) is 8.78. The fraction of sp³-hybridized carbons (Fsp3) is 0.276. The molecule has 2 amide bonds. The Kier molecular flexibility index (Phi) is 9.66. The number of aryl methyl sites for hydroxylation is 1. The van der Waals surface area contributed by atoms with Gasteiger partial charge in [0.05, 0.1) is 19.2 Å². The molecule has 2 N–H and O–H groups in total. The number of hydrogen-bond donors (Lipinski definition) is 2. The van der Waals surface area contributed by atoms with E-state index >= 15 is 0 Å². The third-order valence-corrected chi connectivity index (χ3v) is 5.46. The van der Waals surface area contributed by atoms with Gasteiger partial charge in [-0.2, -0.15) is 0 Å². The van der Waals surface area contributed by atoms with Crippen molar-refractivity contribution in [2.75, 3.05) is 24.4 Å². The van der Waals surface area contributed by atoms with Crippen LogP contribution in [0.3, 0.4) is 0 Å². The molecule has 0 aromatic heterocycles. The van der Waals surface area contributed by atoms with Gasteiger partial charge in [0.2, 0.25) is 5.91 Å². The number of anilines is 2. The van der Waals surface area contributed by atoms with Crippen molar-refractivity contribution in [2.24, 2.45) is 0 Å². The van der Waals surface area contributed by atoms with E-state index in [-0.39, 0.29) is 18.7 Å². The van der Waals surface area contributed by atoms with Crippen LogP contribution in [0.1, 0.15) is 43.7 Å². The maximum atomic E-state index is 12.3. The number of methoxy groups -OCH3 is 1. The van der Waals surface area contributed by atoms with Crippen molar-refractivity contribution < 1.29 is 28.6 Å². The van der Waals surface area contributed by atoms with Gasteiger partial charge in [0.15, 0.2) is 6.61 Å². The Morgan fingerprint density at radius 3 is 2.27 bits per heavy atom. The predicted octanol–water partition coefficient (Wildman–Crippen LogP) is 5.82. The van der Waals surface area contributed by atoms with Crippen LogP contribution >= 0.6 is 0 Å². The van der Waals surface area contributed by atoms with Gasteiger partial charge in [-0.1, -0.05) is 38.1 Å². The number of esters is 1. The van der Waals surface area contributed by atoms with Crippen molar-refractivity contribution in [3.8, 4) is 17.2 Å². The summed E-state index contributed by atoms with van der Waals surface area (Å²) in [4.78, 5) is 36.3. The number of carbonyl (C=O) groups excluding carboxylic acids is 3. The molecule has 3 aromatic carbocycles. The molecule has 0 unspecified atom stereocenters. The highest BCUT2D eigenvalue weighted by molar-refractivity contribution is 5.95. The lowest BCUT2D eigenvalue weighted by atomic mass is 10.0. The summed E-state index contributed by atoms with van der Waals surface area (Å²) in [7, 11) is 1.49. The fourth-order valence-electron chi connectivity index (χ4n) is 3.53. The highest BCUT2D eigenvalue weighted by Gasteiger charge is 2.13. The lowest BCUT2D eigenvalue weighted by Crippen LogP contribution is -2.22. The molecule has 0 heterocycles. The SMILES string of the molecule is COc1ccccc1NC(=O)COC(=O)CCC(=O)Nc1ccc(Oc2cc(C)ccc2C(C)C)cc1. The summed E-state index contributed by atoms with van der Waals surface area (Å²) in [5.74, 6) is 0.785. The number of ether oxygens (including phenoxy) is 3. The van der Waals surface area contributed by atoms with E-state index in [4.69, 9.17) is 14.2 Å². The Balaban J connectivity index is 1.42. The number of para-hydroxylation sites is 2. The van der Waals surface area contributed by atoms with E-state index in [0.717, 1.165) is 16.9 Å². The monoisotopic (exact) mass is 504 g/mol. The van der Waals surface area contributed by atoms with Crippen LogP contribution in [0.4, 0.5) is 11.4 Å². The van der Waals surface area contributed by atoms with Gasteiger partial charge in [-0.15, -0.1) is 0 Å². The summed E-state index contributed by atoms with van der Waals surface area (Å²) >= 11 is 0. The first-order valence-corrected chi connectivity index (χ1v) is 12.0. The van der Waals surface area contributed by atoms with Gasteiger partial charge in [0.25, 0.3) is 5.91 Å². The number of nitrogens with one attached hydrogen (secondary N) is 2. The summed E-state index contributed by atoms with van der Waals surface area (Å²) in [5, 5.41) is 5.36. The molecular weight excluding hydrogens is 472 g/mol. The van der Waals surface area contributed by atoms with Crippen LogP contribution in [0.15, 0.2) is 66.7 Å². The van der Waals surface area contributed by atoms with Crippen molar-refractivity contribution in [3.05, 3.63) is 77.9 Å². The Labute approximate surface area is 216 Å². The number of carbonyl (C=O) groups is 3. The van der Waals surface area contributed by atoms with Crippen molar-refractivity contribution in [3.63, 3.8) is 0 Å². The van der Waals surface area contributed by atoms with E-state index < -0.39 is 18.5 Å². The van der Waals surface area contributed by atoms with E-state index in [2.05, 4.69) is 36.6 Å². The average Bonchev–Trinajstić information content (AvgIpc) is 2.87. The highest BCUT2D eigenvalue weighted by atomic mass is 16.5. The van der Waals surface area contributed by atoms with Crippen LogP contribution in [-0.4, -0.2) is 31.5 Å². The number of amides is 2. The highest BCUT2D eigenvalue weighted by Crippen LogP contribution is 2.32. The van der Waals surface area contributed by atoms with Crippen LogP contribution < -0.4 is 20.1 Å². The summed E-state index contributed by atoms with van der Waals surface area (Å²) in [6.45, 7) is 5.79. The van der Waals surface area contributed by atoms with E-state index in [1.807, 2.05) is 13.0 Å². The molecule has 0 atom stereocenters. The fourth-order valence-corrected chi connectivity index (χ4v) is 3.53. The predicted molar refractivity (Wildman–Crippen MR) is 142 cm³/mol. The molecule has 8 heteroatoms. The van der Waals surface area contributed by atoms with Gasteiger partial charge in [0.1, 0.15) is 17.2 Å². The Morgan fingerprint density at radius 1 is 0.838 bits per heavy atom. The van der Waals surface area contributed by atoms with Gasteiger partial charge in [-0.3, -0.25) is 14.4 Å². The summed E-state index contributed by atoms with van der Waals surface area (Å²) in [5.41, 5.74) is 3.28. The topological polar surface area (TPSA) is 103 Å². The molecule has 0 fully saturated rings. The van der Waals surface area contributed by atoms with E-state index in [9.17, 15) is 14.4 Å². The molecular formula is C29H32N2O6. The van der Waals surface area contributed by atoms with E-state index in [1.54, 1.807) is 48.5 Å². The van der Waals surface area contributed by atoms with Crippen LogP contribution in [0.5, 0.6) is 17.2 Å². The minimum Gasteiger partial charge on any atom is -0.495 e.